The lowest BCUT2D eigenvalue weighted by Gasteiger charge is -2.07. The molecule has 30 heavy (non-hydrogen) atoms. The summed E-state index contributed by atoms with van der Waals surface area (Å²) in [5, 5.41) is 0.778. The van der Waals surface area contributed by atoms with Gasteiger partial charge in [-0.3, -0.25) is 9.59 Å². The molecule has 0 unspecified atom stereocenters. The highest BCUT2D eigenvalue weighted by Gasteiger charge is 2.14. The Morgan fingerprint density at radius 1 is 1.17 bits per heavy atom. The van der Waals surface area contributed by atoms with E-state index in [1.807, 2.05) is 26.0 Å². The van der Waals surface area contributed by atoms with Gasteiger partial charge in [0.25, 0.3) is 5.91 Å². The Labute approximate surface area is 187 Å². The highest BCUT2D eigenvalue weighted by molar-refractivity contribution is 7.16. The standard InChI is InChI=1S/C21H20Cl2N2O4S/c1-4-28-19(27)10-25-16-8-12(2)7-13(3)20(16)30-21(25)24-18(26)11-29-17-6-5-14(22)9-15(17)23/h5-9H,4,10-11H2,1-3H3. The summed E-state index contributed by atoms with van der Waals surface area (Å²) in [4.78, 5) is 29.2. The van der Waals surface area contributed by atoms with Crippen LogP contribution in [0.4, 0.5) is 0 Å². The molecule has 0 saturated carbocycles. The topological polar surface area (TPSA) is 69.9 Å². The van der Waals surface area contributed by atoms with E-state index < -0.39 is 11.9 Å². The van der Waals surface area contributed by atoms with Crippen molar-refractivity contribution in [2.75, 3.05) is 13.2 Å². The van der Waals surface area contributed by atoms with Crippen molar-refractivity contribution < 1.29 is 19.1 Å². The number of rotatable bonds is 6. The molecule has 1 amide bonds. The summed E-state index contributed by atoms with van der Waals surface area (Å²) in [6.07, 6.45) is 0. The van der Waals surface area contributed by atoms with Gasteiger partial charge >= 0.3 is 5.97 Å². The quantitative estimate of drug-likeness (QED) is 0.493. The number of esters is 1. The summed E-state index contributed by atoms with van der Waals surface area (Å²) in [6, 6.07) is 8.75. The summed E-state index contributed by atoms with van der Waals surface area (Å²) in [5.41, 5.74) is 2.93. The predicted molar refractivity (Wildman–Crippen MR) is 118 cm³/mol. The van der Waals surface area contributed by atoms with E-state index >= 15 is 0 Å². The van der Waals surface area contributed by atoms with Crippen molar-refractivity contribution in [3.8, 4) is 5.75 Å². The summed E-state index contributed by atoms with van der Waals surface area (Å²) in [5.74, 6) is -0.555. The van der Waals surface area contributed by atoms with Crippen LogP contribution in [0.2, 0.25) is 10.0 Å². The normalized spacial score (nSPS) is 11.7. The first-order valence-corrected chi connectivity index (χ1v) is 10.8. The number of halogens is 2. The van der Waals surface area contributed by atoms with Crippen molar-refractivity contribution in [3.05, 3.63) is 56.3 Å². The number of nitrogens with zero attached hydrogens (tertiary/aromatic N) is 2. The maximum atomic E-state index is 12.5. The first-order valence-electron chi connectivity index (χ1n) is 9.20. The van der Waals surface area contributed by atoms with Gasteiger partial charge in [0.15, 0.2) is 11.4 Å². The van der Waals surface area contributed by atoms with E-state index in [0.717, 1.165) is 21.3 Å². The molecule has 158 valence electrons. The zero-order valence-corrected chi connectivity index (χ0v) is 19.0. The van der Waals surface area contributed by atoms with Gasteiger partial charge in [0.1, 0.15) is 12.3 Å². The molecule has 0 aliphatic carbocycles. The molecule has 1 heterocycles. The monoisotopic (exact) mass is 466 g/mol. The summed E-state index contributed by atoms with van der Waals surface area (Å²) in [6.45, 7) is 5.65. The van der Waals surface area contributed by atoms with Gasteiger partial charge in [-0.15, -0.1) is 0 Å². The van der Waals surface area contributed by atoms with Crippen LogP contribution < -0.4 is 9.54 Å². The number of aryl methyl sites for hydroxylation is 2. The number of carbonyl (C=O) groups excluding carboxylic acids is 2. The number of aromatic nitrogens is 1. The van der Waals surface area contributed by atoms with E-state index in [4.69, 9.17) is 32.7 Å². The number of thiazole rings is 1. The van der Waals surface area contributed by atoms with Crippen molar-refractivity contribution in [2.24, 2.45) is 4.99 Å². The minimum atomic E-state index is -0.500. The lowest BCUT2D eigenvalue weighted by Crippen LogP contribution is -2.24. The zero-order chi connectivity index (χ0) is 21.8. The third-order valence-electron chi connectivity index (χ3n) is 4.17. The van der Waals surface area contributed by atoms with Crippen molar-refractivity contribution in [2.45, 2.75) is 27.3 Å². The van der Waals surface area contributed by atoms with E-state index in [0.29, 0.717) is 20.6 Å². The van der Waals surface area contributed by atoms with Crippen LogP contribution in [0, 0.1) is 13.8 Å². The largest absolute Gasteiger partial charge is 0.482 e. The van der Waals surface area contributed by atoms with E-state index in [1.54, 1.807) is 23.6 Å². The van der Waals surface area contributed by atoms with Crippen LogP contribution in [0.1, 0.15) is 18.1 Å². The Morgan fingerprint density at radius 3 is 2.63 bits per heavy atom. The Bertz CT molecular complexity index is 1180. The Balaban J connectivity index is 1.94. The van der Waals surface area contributed by atoms with Crippen molar-refractivity contribution in [1.29, 1.82) is 0 Å². The minimum Gasteiger partial charge on any atom is -0.482 e. The smallest absolute Gasteiger partial charge is 0.326 e. The number of hydrogen-bond donors (Lipinski definition) is 0. The van der Waals surface area contributed by atoms with Crippen LogP contribution >= 0.6 is 34.5 Å². The molecule has 6 nitrogen and oxygen atoms in total. The highest BCUT2D eigenvalue weighted by atomic mass is 35.5. The van der Waals surface area contributed by atoms with E-state index in [2.05, 4.69) is 4.99 Å². The molecular weight excluding hydrogens is 447 g/mol. The van der Waals surface area contributed by atoms with Crippen molar-refractivity contribution in [1.82, 2.24) is 4.57 Å². The molecule has 0 radical (unpaired) electrons. The SMILES string of the molecule is CCOC(=O)Cn1c(=NC(=O)COc2ccc(Cl)cc2Cl)sc2c(C)cc(C)cc21. The number of fused-ring (bicyclic) bond motifs is 1. The summed E-state index contributed by atoms with van der Waals surface area (Å²) >= 11 is 13.3. The first kappa shape index (κ1) is 22.3. The van der Waals surface area contributed by atoms with Gasteiger partial charge in [0, 0.05) is 5.02 Å². The number of amides is 1. The van der Waals surface area contributed by atoms with Crippen LogP contribution in [0.5, 0.6) is 5.75 Å². The molecule has 0 bridgehead atoms. The van der Waals surface area contributed by atoms with Gasteiger partial charge in [0.2, 0.25) is 0 Å². The molecule has 3 aromatic rings. The molecule has 3 rings (SSSR count). The fraction of sp³-hybridized carbons (Fsp3) is 0.286. The van der Waals surface area contributed by atoms with E-state index in [9.17, 15) is 9.59 Å². The average Bonchev–Trinajstić information content (AvgIpc) is 2.99. The molecule has 0 N–H and O–H groups in total. The van der Waals surface area contributed by atoms with Gasteiger partial charge in [0.05, 0.1) is 21.8 Å². The Kier molecular flexibility index (Phi) is 7.18. The summed E-state index contributed by atoms with van der Waals surface area (Å²) < 4.78 is 13.2. The lowest BCUT2D eigenvalue weighted by molar-refractivity contribution is -0.143. The lowest BCUT2D eigenvalue weighted by atomic mass is 10.1. The van der Waals surface area contributed by atoms with Gasteiger partial charge in [-0.25, -0.2) is 0 Å². The molecule has 0 aliphatic heterocycles. The molecule has 0 spiro atoms. The van der Waals surface area contributed by atoms with Crippen molar-refractivity contribution in [3.63, 3.8) is 0 Å². The van der Waals surface area contributed by atoms with E-state index in [-0.39, 0.29) is 19.8 Å². The zero-order valence-electron chi connectivity index (χ0n) is 16.7. The second-order valence-electron chi connectivity index (χ2n) is 6.57. The van der Waals surface area contributed by atoms with Crippen LogP contribution in [0.3, 0.4) is 0 Å². The number of ether oxygens (including phenoxy) is 2. The molecule has 0 aliphatic rings. The van der Waals surface area contributed by atoms with E-state index in [1.165, 1.54) is 17.4 Å². The Morgan fingerprint density at radius 2 is 1.93 bits per heavy atom. The fourth-order valence-corrected chi connectivity index (χ4v) is 4.52. The number of benzene rings is 2. The molecule has 0 saturated heterocycles. The third kappa shape index (κ3) is 5.22. The average molecular weight is 467 g/mol. The van der Waals surface area contributed by atoms with Gasteiger partial charge in [-0.1, -0.05) is 40.6 Å². The molecule has 0 atom stereocenters. The molecule has 2 aromatic carbocycles. The molecule has 0 fully saturated rings. The molecular formula is C21H20Cl2N2O4S. The van der Waals surface area contributed by atoms with Crippen LogP contribution in [-0.4, -0.2) is 29.7 Å². The maximum absolute atomic E-state index is 12.5. The van der Waals surface area contributed by atoms with Crippen LogP contribution in [0.15, 0.2) is 35.3 Å². The van der Waals surface area contributed by atoms with Gasteiger partial charge in [-0.2, -0.15) is 4.99 Å². The van der Waals surface area contributed by atoms with Crippen LogP contribution in [-0.2, 0) is 20.9 Å². The van der Waals surface area contributed by atoms with Gasteiger partial charge in [-0.05, 0) is 56.2 Å². The predicted octanol–water partition coefficient (Wildman–Crippen LogP) is 4.70. The summed E-state index contributed by atoms with van der Waals surface area (Å²) in [7, 11) is 0. The minimum absolute atomic E-state index is 0.0350. The second-order valence-corrected chi connectivity index (χ2v) is 8.40. The number of hydrogen-bond acceptors (Lipinski definition) is 5. The molecule has 9 heteroatoms. The van der Waals surface area contributed by atoms with Crippen LogP contribution in [0.25, 0.3) is 10.2 Å². The maximum Gasteiger partial charge on any atom is 0.326 e. The number of carbonyl (C=O) groups is 2. The Hall–Kier alpha value is -2.35. The van der Waals surface area contributed by atoms with Crippen molar-refractivity contribution >= 4 is 56.6 Å². The van der Waals surface area contributed by atoms with Gasteiger partial charge < -0.3 is 14.0 Å². The third-order valence-corrected chi connectivity index (χ3v) is 5.93. The second kappa shape index (κ2) is 9.64. The fourth-order valence-electron chi connectivity index (χ4n) is 2.96. The highest BCUT2D eigenvalue weighted by Crippen LogP contribution is 2.27. The first-order chi connectivity index (χ1) is 14.3. The molecule has 1 aromatic heterocycles.